The van der Waals surface area contributed by atoms with Gasteiger partial charge >= 0.3 is 0 Å². The lowest BCUT2D eigenvalue weighted by Gasteiger charge is -2.08. The number of thioether (sulfide) groups is 1. The highest BCUT2D eigenvalue weighted by Crippen LogP contribution is 2.24. The molecule has 0 amide bonds. The molecule has 25 heavy (non-hydrogen) atoms. The molecule has 0 spiro atoms. The van der Waals surface area contributed by atoms with Crippen LogP contribution in [0.1, 0.15) is 49.9 Å². The molecule has 6 nitrogen and oxygen atoms in total. The molecular weight excluding hydrogens is 336 g/mol. The van der Waals surface area contributed by atoms with Crippen molar-refractivity contribution in [2.24, 2.45) is 5.92 Å². The molecule has 2 heterocycles. The van der Waals surface area contributed by atoms with Crippen LogP contribution in [0.4, 0.5) is 0 Å². The molecule has 1 atom stereocenters. The van der Waals surface area contributed by atoms with E-state index in [2.05, 4.69) is 53.2 Å². The van der Waals surface area contributed by atoms with E-state index in [1.807, 2.05) is 18.2 Å². The van der Waals surface area contributed by atoms with E-state index in [0.29, 0.717) is 40.4 Å². The average Bonchev–Trinajstić information content (AvgIpc) is 3.22. The summed E-state index contributed by atoms with van der Waals surface area (Å²) in [7, 11) is 0. The zero-order valence-corrected chi connectivity index (χ0v) is 15.5. The van der Waals surface area contributed by atoms with Gasteiger partial charge in [-0.15, -0.1) is 10.2 Å². The standard InChI is InChI=1S/C18H22N4O2S/c1-12(2)9-16-19-15(22-24-16)11-25-18-21-20-17(23-18)10-13(3)14-7-5-4-6-8-14/h4-8,12-13H,9-11H2,1-3H3. The van der Waals surface area contributed by atoms with Crippen LogP contribution >= 0.6 is 11.8 Å². The molecule has 0 aliphatic heterocycles. The third-order valence-corrected chi connectivity index (χ3v) is 4.53. The van der Waals surface area contributed by atoms with Crippen LogP contribution in [-0.4, -0.2) is 20.3 Å². The van der Waals surface area contributed by atoms with Crippen molar-refractivity contribution in [1.82, 2.24) is 20.3 Å². The fourth-order valence-corrected chi connectivity index (χ4v) is 3.07. The van der Waals surface area contributed by atoms with Gasteiger partial charge in [-0.3, -0.25) is 0 Å². The van der Waals surface area contributed by atoms with Crippen LogP contribution in [0.25, 0.3) is 0 Å². The molecule has 0 radical (unpaired) electrons. The quantitative estimate of drug-likeness (QED) is 0.556. The van der Waals surface area contributed by atoms with Crippen molar-refractivity contribution in [3.05, 3.63) is 53.5 Å². The van der Waals surface area contributed by atoms with E-state index in [1.54, 1.807) is 0 Å². The zero-order valence-electron chi connectivity index (χ0n) is 14.7. The Bertz CT molecular complexity index is 785. The fraction of sp³-hybridized carbons (Fsp3) is 0.444. The van der Waals surface area contributed by atoms with Gasteiger partial charge in [-0.2, -0.15) is 4.98 Å². The van der Waals surface area contributed by atoms with Crippen molar-refractivity contribution in [3.63, 3.8) is 0 Å². The lowest BCUT2D eigenvalue weighted by molar-refractivity contribution is 0.360. The van der Waals surface area contributed by atoms with E-state index < -0.39 is 0 Å². The average molecular weight is 358 g/mol. The SMILES string of the molecule is CC(C)Cc1nc(CSc2nnc(CC(C)c3ccccc3)o2)no1. The molecule has 2 aromatic heterocycles. The highest BCUT2D eigenvalue weighted by atomic mass is 32.2. The van der Waals surface area contributed by atoms with Crippen molar-refractivity contribution in [2.75, 3.05) is 0 Å². The molecular formula is C18H22N4O2S. The summed E-state index contributed by atoms with van der Waals surface area (Å²) in [5, 5.41) is 12.7. The Labute approximate surface area is 151 Å². The normalized spacial score (nSPS) is 12.6. The predicted molar refractivity (Wildman–Crippen MR) is 95.3 cm³/mol. The summed E-state index contributed by atoms with van der Waals surface area (Å²) in [5.74, 6) is 3.35. The highest BCUT2D eigenvalue weighted by molar-refractivity contribution is 7.98. The fourth-order valence-electron chi connectivity index (χ4n) is 2.45. The minimum absolute atomic E-state index is 0.329. The van der Waals surface area contributed by atoms with E-state index in [1.165, 1.54) is 17.3 Å². The Hall–Kier alpha value is -2.15. The summed E-state index contributed by atoms with van der Waals surface area (Å²) in [6.07, 6.45) is 1.51. The van der Waals surface area contributed by atoms with Gasteiger partial charge in [0.1, 0.15) is 0 Å². The Morgan fingerprint density at radius 3 is 2.56 bits per heavy atom. The molecule has 1 unspecified atom stereocenters. The second-order valence-electron chi connectivity index (χ2n) is 6.47. The van der Waals surface area contributed by atoms with E-state index in [0.717, 1.165) is 12.8 Å². The molecule has 132 valence electrons. The van der Waals surface area contributed by atoms with E-state index in [9.17, 15) is 0 Å². The number of hydrogen-bond donors (Lipinski definition) is 0. The number of benzene rings is 1. The van der Waals surface area contributed by atoms with Crippen LogP contribution in [-0.2, 0) is 18.6 Å². The van der Waals surface area contributed by atoms with Crippen LogP contribution in [0.3, 0.4) is 0 Å². The summed E-state index contributed by atoms with van der Waals surface area (Å²) >= 11 is 1.42. The van der Waals surface area contributed by atoms with Crippen molar-refractivity contribution in [2.45, 2.75) is 50.5 Å². The van der Waals surface area contributed by atoms with E-state index in [-0.39, 0.29) is 0 Å². The van der Waals surface area contributed by atoms with Gasteiger partial charge in [0.05, 0.1) is 5.75 Å². The van der Waals surface area contributed by atoms with Gasteiger partial charge in [0, 0.05) is 12.8 Å². The Kier molecular flexibility index (Phi) is 5.86. The second kappa shape index (κ2) is 8.29. The van der Waals surface area contributed by atoms with Crippen LogP contribution < -0.4 is 0 Å². The lowest BCUT2D eigenvalue weighted by Crippen LogP contribution is -1.98. The van der Waals surface area contributed by atoms with Crippen molar-refractivity contribution < 1.29 is 8.94 Å². The van der Waals surface area contributed by atoms with Gasteiger partial charge in [0.25, 0.3) is 5.22 Å². The molecule has 1 aromatic carbocycles. The van der Waals surface area contributed by atoms with Gasteiger partial charge in [-0.05, 0) is 17.4 Å². The molecule has 0 aliphatic rings. The number of aromatic nitrogens is 4. The Morgan fingerprint density at radius 1 is 1.00 bits per heavy atom. The first kappa shape index (κ1) is 17.7. The molecule has 7 heteroatoms. The van der Waals surface area contributed by atoms with Crippen LogP contribution in [0.2, 0.25) is 0 Å². The largest absolute Gasteiger partial charge is 0.416 e. The van der Waals surface area contributed by atoms with Crippen molar-refractivity contribution >= 4 is 11.8 Å². The van der Waals surface area contributed by atoms with Gasteiger partial charge in [0.2, 0.25) is 11.8 Å². The first-order valence-corrected chi connectivity index (χ1v) is 9.40. The molecule has 0 fully saturated rings. The van der Waals surface area contributed by atoms with Crippen molar-refractivity contribution in [3.8, 4) is 0 Å². The number of hydrogen-bond acceptors (Lipinski definition) is 7. The summed E-state index contributed by atoms with van der Waals surface area (Å²) in [4.78, 5) is 4.37. The monoisotopic (exact) mass is 358 g/mol. The Balaban J connectivity index is 1.52. The lowest BCUT2D eigenvalue weighted by atomic mass is 9.98. The third kappa shape index (κ3) is 5.16. The van der Waals surface area contributed by atoms with Gasteiger partial charge < -0.3 is 8.94 Å². The van der Waals surface area contributed by atoms with Crippen molar-refractivity contribution in [1.29, 1.82) is 0 Å². The molecule has 3 aromatic rings. The number of nitrogens with zero attached hydrogens (tertiary/aromatic N) is 4. The summed E-state index contributed by atoms with van der Waals surface area (Å²) in [6.45, 7) is 6.39. The maximum atomic E-state index is 5.72. The van der Waals surface area contributed by atoms with E-state index in [4.69, 9.17) is 8.94 Å². The third-order valence-electron chi connectivity index (χ3n) is 3.72. The molecule has 0 bridgehead atoms. The summed E-state index contributed by atoms with van der Waals surface area (Å²) in [6, 6.07) is 10.3. The maximum absolute atomic E-state index is 5.72. The van der Waals surface area contributed by atoms with Crippen LogP contribution in [0.15, 0.2) is 44.5 Å². The summed E-state index contributed by atoms with van der Waals surface area (Å²) < 4.78 is 11.0. The first-order chi connectivity index (χ1) is 12.1. The first-order valence-electron chi connectivity index (χ1n) is 8.41. The predicted octanol–water partition coefficient (Wildman–Crippen LogP) is 4.29. The maximum Gasteiger partial charge on any atom is 0.277 e. The highest BCUT2D eigenvalue weighted by Gasteiger charge is 2.14. The van der Waals surface area contributed by atoms with Crippen LogP contribution in [0.5, 0.6) is 0 Å². The summed E-state index contributed by atoms with van der Waals surface area (Å²) in [5.41, 5.74) is 1.26. The molecule has 0 saturated carbocycles. The van der Waals surface area contributed by atoms with Crippen LogP contribution in [0, 0.1) is 5.92 Å². The molecule has 3 rings (SSSR count). The van der Waals surface area contributed by atoms with E-state index >= 15 is 0 Å². The number of rotatable bonds is 8. The second-order valence-corrected chi connectivity index (χ2v) is 7.40. The minimum Gasteiger partial charge on any atom is -0.416 e. The van der Waals surface area contributed by atoms with Gasteiger partial charge in [0.15, 0.2) is 5.82 Å². The molecule has 0 aliphatic carbocycles. The smallest absolute Gasteiger partial charge is 0.277 e. The topological polar surface area (TPSA) is 77.8 Å². The van der Waals surface area contributed by atoms with Gasteiger partial charge in [-0.25, -0.2) is 0 Å². The minimum atomic E-state index is 0.329. The van der Waals surface area contributed by atoms with Gasteiger partial charge in [-0.1, -0.05) is 68.0 Å². The molecule has 0 saturated heterocycles. The zero-order chi connectivity index (χ0) is 17.6. The Morgan fingerprint density at radius 2 is 1.80 bits per heavy atom. The molecule has 0 N–H and O–H groups in total.